The van der Waals surface area contributed by atoms with Gasteiger partial charge in [0.05, 0.1) is 11.1 Å². The van der Waals surface area contributed by atoms with Gasteiger partial charge in [0.15, 0.2) is 12.4 Å². The van der Waals surface area contributed by atoms with Crippen molar-refractivity contribution in [3.63, 3.8) is 0 Å². The minimum Gasteiger partial charge on any atom is -0.454 e. The van der Waals surface area contributed by atoms with Crippen molar-refractivity contribution in [2.45, 2.75) is 29.1 Å². The maximum atomic E-state index is 12.8. The second kappa shape index (κ2) is 9.58. The molecule has 0 bridgehead atoms. The smallest absolute Gasteiger partial charge is 0.339 e. The number of hydrogen-bond acceptors (Lipinski definition) is 6. The molecule has 0 spiro atoms. The van der Waals surface area contributed by atoms with Gasteiger partial charge in [-0.2, -0.15) is 5.26 Å². The summed E-state index contributed by atoms with van der Waals surface area (Å²) in [6, 6.07) is 24.4. The van der Waals surface area contributed by atoms with E-state index in [1.54, 1.807) is 36.4 Å². The molecule has 0 atom stereocenters. The number of carbonyl (C=O) groups is 2. The fourth-order valence-corrected chi connectivity index (χ4v) is 5.17. The van der Waals surface area contributed by atoms with Crippen molar-refractivity contribution in [3.8, 4) is 6.07 Å². The van der Waals surface area contributed by atoms with E-state index in [1.165, 1.54) is 11.8 Å². The molecule has 0 N–H and O–H groups in total. The van der Waals surface area contributed by atoms with E-state index in [0.29, 0.717) is 16.0 Å². The highest BCUT2D eigenvalue weighted by Gasteiger charge is 2.38. The molecule has 0 fully saturated rings. The standard InChI is InChI=1S/C28H24N2O3S/c1-28(2)22-12-6-7-13-23(22)30(3)26(28)16-20(31)18-33-27(32)21-11-5-9-15-25(21)34-24-14-8-4-10-19(24)17-29/h4-16H,18H2,1-3H3/b26-16-. The SMILES string of the molecule is CN1/C(=C\C(=O)COC(=O)c2ccccc2Sc2ccccc2C#N)C(C)(C)c2ccccc21. The molecule has 0 unspecified atom stereocenters. The maximum absolute atomic E-state index is 12.8. The first kappa shape index (κ1) is 23.3. The molecule has 4 rings (SSSR count). The van der Waals surface area contributed by atoms with E-state index in [1.807, 2.05) is 48.3 Å². The van der Waals surface area contributed by atoms with Gasteiger partial charge < -0.3 is 9.64 Å². The Labute approximate surface area is 203 Å². The van der Waals surface area contributed by atoms with Gasteiger partial charge in [-0.15, -0.1) is 0 Å². The number of allylic oxidation sites excluding steroid dienone is 1. The van der Waals surface area contributed by atoms with E-state index in [9.17, 15) is 14.9 Å². The van der Waals surface area contributed by atoms with Crippen LogP contribution in [-0.2, 0) is 14.9 Å². The van der Waals surface area contributed by atoms with Gasteiger partial charge in [0.25, 0.3) is 0 Å². The molecule has 0 saturated carbocycles. The Morgan fingerprint density at radius 3 is 2.38 bits per heavy atom. The van der Waals surface area contributed by atoms with Crippen molar-refractivity contribution in [1.82, 2.24) is 0 Å². The first-order valence-corrected chi connectivity index (χ1v) is 11.7. The van der Waals surface area contributed by atoms with E-state index in [-0.39, 0.29) is 17.8 Å². The van der Waals surface area contributed by atoms with Gasteiger partial charge in [0, 0.05) is 39.7 Å². The summed E-state index contributed by atoms with van der Waals surface area (Å²) in [5, 5.41) is 9.35. The third-order valence-electron chi connectivity index (χ3n) is 5.92. The monoisotopic (exact) mass is 468 g/mol. The molecule has 1 aliphatic rings. The van der Waals surface area contributed by atoms with Gasteiger partial charge in [-0.3, -0.25) is 4.79 Å². The number of rotatable bonds is 6. The predicted octanol–water partition coefficient (Wildman–Crippen LogP) is 5.75. The Hall–Kier alpha value is -3.82. The highest BCUT2D eigenvalue weighted by molar-refractivity contribution is 7.99. The van der Waals surface area contributed by atoms with Crippen molar-refractivity contribution in [2.75, 3.05) is 18.6 Å². The Balaban J connectivity index is 1.48. The number of carbonyl (C=O) groups excluding carboxylic acids is 2. The van der Waals surface area contributed by atoms with E-state index in [0.717, 1.165) is 21.8 Å². The topological polar surface area (TPSA) is 70.4 Å². The van der Waals surface area contributed by atoms with Crippen LogP contribution in [0.2, 0.25) is 0 Å². The number of ketones is 1. The molecule has 5 nitrogen and oxygen atoms in total. The first-order chi connectivity index (χ1) is 16.3. The van der Waals surface area contributed by atoms with Crippen LogP contribution in [0, 0.1) is 11.3 Å². The number of fused-ring (bicyclic) bond motifs is 1. The first-order valence-electron chi connectivity index (χ1n) is 10.8. The van der Waals surface area contributed by atoms with Crippen molar-refractivity contribution in [1.29, 1.82) is 5.26 Å². The van der Waals surface area contributed by atoms with E-state index in [4.69, 9.17) is 4.74 Å². The minimum atomic E-state index is -0.577. The predicted molar refractivity (Wildman–Crippen MR) is 133 cm³/mol. The molecule has 6 heteroatoms. The normalized spacial score (nSPS) is 15.0. The number of para-hydroxylation sites is 1. The molecule has 0 saturated heterocycles. The van der Waals surface area contributed by atoms with Crippen LogP contribution in [0.1, 0.15) is 35.3 Å². The second-order valence-corrected chi connectivity index (χ2v) is 9.56. The number of benzene rings is 3. The largest absolute Gasteiger partial charge is 0.454 e. The van der Waals surface area contributed by atoms with Gasteiger partial charge in [-0.05, 0) is 35.9 Å². The quantitative estimate of drug-likeness (QED) is 0.339. The molecule has 170 valence electrons. The van der Waals surface area contributed by atoms with E-state index in [2.05, 4.69) is 26.0 Å². The molecule has 0 radical (unpaired) electrons. The second-order valence-electron chi connectivity index (χ2n) is 8.48. The van der Waals surface area contributed by atoms with E-state index < -0.39 is 5.97 Å². The van der Waals surface area contributed by atoms with Crippen molar-refractivity contribution in [3.05, 3.63) is 101 Å². The fraction of sp³-hybridized carbons (Fsp3) is 0.179. The molecule has 34 heavy (non-hydrogen) atoms. The van der Waals surface area contributed by atoms with Gasteiger partial charge in [0.2, 0.25) is 0 Å². The summed E-state index contributed by atoms with van der Waals surface area (Å²) in [7, 11) is 1.94. The number of anilines is 1. The van der Waals surface area contributed by atoms with Crippen LogP contribution in [0.25, 0.3) is 0 Å². The molecule has 0 aromatic heterocycles. The Morgan fingerprint density at radius 2 is 1.65 bits per heavy atom. The average molecular weight is 469 g/mol. The van der Waals surface area contributed by atoms with Crippen molar-refractivity contribution >= 4 is 29.2 Å². The number of hydrogen-bond donors (Lipinski definition) is 0. The van der Waals surface area contributed by atoms with E-state index >= 15 is 0 Å². The minimum absolute atomic E-state index is 0.281. The summed E-state index contributed by atoms with van der Waals surface area (Å²) >= 11 is 1.32. The molecular weight excluding hydrogens is 444 g/mol. The zero-order valence-corrected chi connectivity index (χ0v) is 20.1. The van der Waals surface area contributed by atoms with Gasteiger partial charge in [0.1, 0.15) is 6.07 Å². The van der Waals surface area contributed by atoms with Crippen molar-refractivity contribution in [2.24, 2.45) is 0 Å². The van der Waals surface area contributed by atoms with Gasteiger partial charge in [-0.25, -0.2) is 4.79 Å². The molecule has 1 heterocycles. The number of likely N-dealkylation sites (N-methyl/N-ethyl adjacent to an activating group) is 1. The van der Waals surface area contributed by atoms with Gasteiger partial charge in [-0.1, -0.05) is 68.1 Å². The molecule has 1 aliphatic heterocycles. The summed E-state index contributed by atoms with van der Waals surface area (Å²) in [6.07, 6.45) is 1.57. The lowest BCUT2D eigenvalue weighted by Gasteiger charge is -2.23. The summed E-state index contributed by atoms with van der Waals surface area (Å²) in [5.74, 6) is -0.859. The summed E-state index contributed by atoms with van der Waals surface area (Å²) in [5.41, 5.74) is 3.62. The molecular formula is C28H24N2O3S. The fourth-order valence-electron chi connectivity index (χ4n) is 4.16. The van der Waals surface area contributed by atoms with Crippen LogP contribution in [0.5, 0.6) is 0 Å². The highest BCUT2D eigenvalue weighted by atomic mass is 32.2. The molecule has 3 aromatic carbocycles. The van der Waals surface area contributed by atoms with Crippen LogP contribution in [-0.4, -0.2) is 25.4 Å². The molecule has 3 aromatic rings. The summed E-state index contributed by atoms with van der Waals surface area (Å²) < 4.78 is 5.39. The van der Waals surface area contributed by atoms with Gasteiger partial charge >= 0.3 is 5.97 Å². The average Bonchev–Trinajstić information content (AvgIpc) is 3.04. The van der Waals surface area contributed by atoms with Crippen LogP contribution in [0.4, 0.5) is 5.69 Å². The van der Waals surface area contributed by atoms with Crippen LogP contribution in [0.15, 0.2) is 94.4 Å². The Kier molecular flexibility index (Phi) is 6.58. The number of nitrogens with zero attached hydrogens (tertiary/aromatic N) is 2. The zero-order valence-electron chi connectivity index (χ0n) is 19.2. The zero-order chi connectivity index (χ0) is 24.3. The number of esters is 1. The lowest BCUT2D eigenvalue weighted by molar-refractivity contribution is -0.117. The Bertz CT molecular complexity index is 1340. The number of nitriles is 1. The maximum Gasteiger partial charge on any atom is 0.339 e. The molecule has 0 amide bonds. The van der Waals surface area contributed by atoms with Crippen LogP contribution >= 0.6 is 11.8 Å². The lowest BCUT2D eigenvalue weighted by Crippen LogP contribution is -2.25. The highest BCUT2D eigenvalue weighted by Crippen LogP contribution is 2.46. The summed E-state index contributed by atoms with van der Waals surface area (Å²) in [6.45, 7) is 3.80. The van der Waals surface area contributed by atoms with Crippen LogP contribution in [0.3, 0.4) is 0 Å². The molecule has 0 aliphatic carbocycles. The lowest BCUT2D eigenvalue weighted by atomic mass is 9.83. The summed E-state index contributed by atoms with van der Waals surface area (Å²) in [4.78, 5) is 29.0. The van der Waals surface area contributed by atoms with Crippen LogP contribution < -0.4 is 4.90 Å². The Morgan fingerprint density at radius 1 is 1.00 bits per heavy atom. The number of ether oxygens (including phenoxy) is 1. The third kappa shape index (κ3) is 4.48. The third-order valence-corrected chi connectivity index (χ3v) is 7.07. The van der Waals surface area contributed by atoms with Crippen molar-refractivity contribution < 1.29 is 14.3 Å².